The van der Waals surface area contributed by atoms with Gasteiger partial charge in [-0.1, -0.05) is 17.3 Å². The average Bonchev–Trinajstić information content (AvgIpc) is 2.88. The van der Waals surface area contributed by atoms with Crippen LogP contribution >= 0.6 is 0 Å². The molecule has 3 N–H and O–H groups in total. The van der Waals surface area contributed by atoms with Crippen molar-refractivity contribution in [2.75, 3.05) is 6.54 Å². The molecule has 1 saturated heterocycles. The lowest BCUT2D eigenvalue weighted by molar-refractivity contribution is 0.311. The summed E-state index contributed by atoms with van der Waals surface area (Å²) in [5.74, 6) is -0.995. The molecule has 0 radical (unpaired) electrons. The third-order valence-electron chi connectivity index (χ3n) is 3.08. The SMILES string of the molecule is NC(=NO)C1CCCN1S(=O)(=O)c1ccccc1F. The minimum absolute atomic E-state index is 0.183. The fourth-order valence-corrected chi connectivity index (χ4v) is 3.91. The lowest BCUT2D eigenvalue weighted by atomic mass is 10.2. The van der Waals surface area contributed by atoms with Crippen LogP contribution in [0.4, 0.5) is 4.39 Å². The van der Waals surface area contributed by atoms with Crippen molar-refractivity contribution in [2.24, 2.45) is 10.9 Å². The van der Waals surface area contributed by atoms with Gasteiger partial charge in [-0.3, -0.25) is 0 Å². The van der Waals surface area contributed by atoms with Crippen LogP contribution in [0, 0.1) is 5.82 Å². The van der Waals surface area contributed by atoms with Gasteiger partial charge in [0.2, 0.25) is 10.0 Å². The van der Waals surface area contributed by atoms with Crippen molar-refractivity contribution in [3.8, 4) is 0 Å². The number of oxime groups is 1. The van der Waals surface area contributed by atoms with Crippen molar-refractivity contribution in [3.05, 3.63) is 30.1 Å². The Labute approximate surface area is 110 Å². The quantitative estimate of drug-likeness (QED) is 0.370. The van der Waals surface area contributed by atoms with E-state index in [0.717, 1.165) is 10.4 Å². The summed E-state index contributed by atoms with van der Waals surface area (Å²) in [6, 6.07) is 4.42. The molecule has 0 amide bonds. The molecule has 0 saturated carbocycles. The smallest absolute Gasteiger partial charge is 0.246 e. The lowest BCUT2D eigenvalue weighted by Gasteiger charge is -2.23. The first-order chi connectivity index (χ1) is 8.98. The van der Waals surface area contributed by atoms with Crippen molar-refractivity contribution < 1.29 is 18.0 Å². The highest BCUT2D eigenvalue weighted by Crippen LogP contribution is 2.27. The van der Waals surface area contributed by atoms with Gasteiger partial charge in [-0.25, -0.2) is 12.8 Å². The Morgan fingerprint density at radius 2 is 2.16 bits per heavy atom. The first-order valence-electron chi connectivity index (χ1n) is 5.72. The molecule has 0 aliphatic carbocycles. The van der Waals surface area contributed by atoms with Gasteiger partial charge >= 0.3 is 0 Å². The topological polar surface area (TPSA) is 96.0 Å². The number of hydrogen-bond donors (Lipinski definition) is 2. The minimum atomic E-state index is -3.99. The zero-order valence-electron chi connectivity index (χ0n) is 10.0. The number of amidine groups is 1. The molecule has 0 bridgehead atoms. The Kier molecular flexibility index (Phi) is 3.72. The van der Waals surface area contributed by atoms with Crippen molar-refractivity contribution in [1.82, 2.24) is 4.31 Å². The molecule has 1 atom stereocenters. The first-order valence-corrected chi connectivity index (χ1v) is 7.16. The summed E-state index contributed by atoms with van der Waals surface area (Å²) in [5, 5.41) is 11.5. The van der Waals surface area contributed by atoms with Crippen LogP contribution in [0.2, 0.25) is 0 Å². The summed E-state index contributed by atoms with van der Waals surface area (Å²) in [5.41, 5.74) is 5.48. The van der Waals surface area contributed by atoms with Crippen LogP contribution in [-0.4, -0.2) is 36.4 Å². The Morgan fingerprint density at radius 3 is 2.79 bits per heavy atom. The van der Waals surface area contributed by atoms with Gasteiger partial charge in [0.05, 0.1) is 6.04 Å². The number of sulfonamides is 1. The lowest BCUT2D eigenvalue weighted by Crippen LogP contribution is -2.44. The highest BCUT2D eigenvalue weighted by Gasteiger charge is 2.38. The fraction of sp³-hybridized carbons (Fsp3) is 0.364. The van der Waals surface area contributed by atoms with Gasteiger partial charge in [-0.2, -0.15) is 4.31 Å². The van der Waals surface area contributed by atoms with Gasteiger partial charge in [0.25, 0.3) is 0 Å². The number of halogens is 1. The Hall–Kier alpha value is -1.67. The molecule has 0 spiro atoms. The predicted octanol–water partition coefficient (Wildman–Crippen LogP) is 0.725. The molecule has 1 aliphatic heterocycles. The highest BCUT2D eigenvalue weighted by atomic mass is 32.2. The summed E-state index contributed by atoms with van der Waals surface area (Å²) >= 11 is 0. The number of nitrogens with zero attached hydrogens (tertiary/aromatic N) is 2. The Balaban J connectivity index is 2.43. The molecule has 8 heteroatoms. The molecule has 6 nitrogen and oxygen atoms in total. The molecule has 1 heterocycles. The molecule has 1 aliphatic rings. The van der Waals surface area contributed by atoms with Gasteiger partial charge in [-0.15, -0.1) is 0 Å². The molecule has 1 aromatic rings. The number of benzene rings is 1. The largest absolute Gasteiger partial charge is 0.409 e. The maximum atomic E-state index is 13.6. The Bertz CT molecular complexity index is 603. The third kappa shape index (κ3) is 2.41. The second-order valence-corrected chi connectivity index (χ2v) is 6.09. The highest BCUT2D eigenvalue weighted by molar-refractivity contribution is 7.89. The molecule has 1 unspecified atom stereocenters. The normalized spacial score (nSPS) is 21.7. The van der Waals surface area contributed by atoms with Crippen LogP contribution in [-0.2, 0) is 10.0 Å². The van der Waals surface area contributed by atoms with Gasteiger partial charge in [-0.05, 0) is 25.0 Å². The average molecular weight is 287 g/mol. The third-order valence-corrected chi connectivity index (χ3v) is 5.03. The van der Waals surface area contributed by atoms with Crippen molar-refractivity contribution in [3.63, 3.8) is 0 Å². The number of nitrogens with two attached hydrogens (primary N) is 1. The molecule has 1 aromatic carbocycles. The summed E-state index contributed by atoms with van der Waals surface area (Å²) in [6.07, 6.45) is 1.03. The van der Waals surface area contributed by atoms with E-state index in [2.05, 4.69) is 5.16 Å². The van der Waals surface area contributed by atoms with E-state index in [1.807, 2.05) is 0 Å². The summed E-state index contributed by atoms with van der Waals surface area (Å²) in [4.78, 5) is -0.396. The fourth-order valence-electron chi connectivity index (χ4n) is 2.17. The molecular formula is C11H14FN3O3S. The molecule has 2 rings (SSSR count). The van der Waals surface area contributed by atoms with E-state index in [1.54, 1.807) is 0 Å². The van der Waals surface area contributed by atoms with E-state index < -0.39 is 26.8 Å². The first kappa shape index (κ1) is 13.8. The van der Waals surface area contributed by atoms with Crippen molar-refractivity contribution in [1.29, 1.82) is 0 Å². The Morgan fingerprint density at radius 1 is 1.47 bits per heavy atom. The second kappa shape index (κ2) is 5.14. The van der Waals surface area contributed by atoms with E-state index in [4.69, 9.17) is 10.9 Å². The molecular weight excluding hydrogens is 273 g/mol. The number of hydrogen-bond acceptors (Lipinski definition) is 4. The summed E-state index contributed by atoms with van der Waals surface area (Å²) < 4.78 is 39.5. The van der Waals surface area contributed by atoms with Crippen LogP contribution in [0.5, 0.6) is 0 Å². The number of rotatable bonds is 3. The molecule has 104 valence electrons. The van der Waals surface area contributed by atoms with E-state index in [9.17, 15) is 12.8 Å². The van der Waals surface area contributed by atoms with Gasteiger partial charge in [0.15, 0.2) is 5.84 Å². The maximum absolute atomic E-state index is 13.6. The van der Waals surface area contributed by atoms with E-state index in [0.29, 0.717) is 12.8 Å². The van der Waals surface area contributed by atoms with E-state index in [1.165, 1.54) is 18.2 Å². The predicted molar refractivity (Wildman–Crippen MR) is 66.7 cm³/mol. The summed E-state index contributed by atoms with van der Waals surface area (Å²) in [7, 11) is -3.99. The van der Waals surface area contributed by atoms with Crippen molar-refractivity contribution in [2.45, 2.75) is 23.8 Å². The van der Waals surface area contributed by atoms with Crippen LogP contribution in [0.15, 0.2) is 34.3 Å². The van der Waals surface area contributed by atoms with Crippen molar-refractivity contribution >= 4 is 15.9 Å². The second-order valence-electron chi connectivity index (χ2n) is 4.23. The maximum Gasteiger partial charge on any atom is 0.246 e. The molecule has 0 aromatic heterocycles. The van der Waals surface area contributed by atoms with Gasteiger partial charge in [0.1, 0.15) is 10.7 Å². The van der Waals surface area contributed by atoms with E-state index in [-0.39, 0.29) is 12.4 Å². The molecule has 19 heavy (non-hydrogen) atoms. The van der Waals surface area contributed by atoms with Crippen LogP contribution in [0.1, 0.15) is 12.8 Å². The van der Waals surface area contributed by atoms with Crippen LogP contribution < -0.4 is 5.73 Å². The molecule has 1 fully saturated rings. The van der Waals surface area contributed by atoms with Crippen LogP contribution in [0.3, 0.4) is 0 Å². The zero-order valence-corrected chi connectivity index (χ0v) is 10.8. The zero-order chi connectivity index (χ0) is 14.0. The monoisotopic (exact) mass is 287 g/mol. The standard InChI is InChI=1S/C11H14FN3O3S/c12-8-4-1-2-6-10(8)19(17,18)15-7-3-5-9(15)11(13)14-16/h1-2,4,6,9,16H,3,5,7H2,(H2,13,14). The van der Waals surface area contributed by atoms with Gasteiger partial charge < -0.3 is 10.9 Å². The minimum Gasteiger partial charge on any atom is -0.409 e. The summed E-state index contributed by atoms with van der Waals surface area (Å²) in [6.45, 7) is 0.220. The van der Waals surface area contributed by atoms with Gasteiger partial charge in [0, 0.05) is 6.54 Å². The van der Waals surface area contributed by atoms with Crippen LogP contribution in [0.25, 0.3) is 0 Å². The van der Waals surface area contributed by atoms with E-state index >= 15 is 0 Å².